The summed E-state index contributed by atoms with van der Waals surface area (Å²) in [6.07, 6.45) is -2.56. The van der Waals surface area contributed by atoms with E-state index in [4.69, 9.17) is 9.47 Å². The van der Waals surface area contributed by atoms with Crippen LogP contribution in [0, 0.1) is 5.92 Å². The second kappa shape index (κ2) is 26.9. The molecule has 2 heterocycles. The third-order valence-electron chi connectivity index (χ3n) is 13.0. The average Bonchev–Trinajstić information content (AvgIpc) is 3.36. The lowest BCUT2D eigenvalue weighted by Crippen LogP contribution is -2.65. The van der Waals surface area contributed by atoms with Crippen LogP contribution in [0.15, 0.2) is 84.9 Å². The van der Waals surface area contributed by atoms with Crippen molar-refractivity contribution in [3.8, 4) is 5.75 Å². The molecule has 2 saturated heterocycles. The van der Waals surface area contributed by atoms with Gasteiger partial charge in [-0.1, -0.05) is 106 Å². The number of benzene rings is 3. The maximum absolute atomic E-state index is 15.2. The van der Waals surface area contributed by atoms with Crippen molar-refractivity contribution in [2.24, 2.45) is 5.92 Å². The van der Waals surface area contributed by atoms with Gasteiger partial charge in [0.2, 0.25) is 41.4 Å². The number of methoxy groups -OCH3 is 1. The molecule has 2 aliphatic rings. The van der Waals surface area contributed by atoms with Gasteiger partial charge < -0.3 is 56.1 Å². The summed E-state index contributed by atoms with van der Waals surface area (Å²) in [4.78, 5) is 130. The minimum atomic E-state index is -1.85. The lowest BCUT2D eigenvalue weighted by atomic mass is 9.95. The number of carbonyl (C=O) groups excluding carboxylic acids is 8. The van der Waals surface area contributed by atoms with Crippen LogP contribution in [0.3, 0.4) is 0 Å². The quantitative estimate of drug-likeness (QED) is 0.0754. The number of piperidine rings is 1. The molecule has 9 atom stereocenters. The summed E-state index contributed by atoms with van der Waals surface area (Å²) in [5.41, 5.74) is 1.76. The van der Waals surface area contributed by atoms with Crippen molar-refractivity contribution in [1.29, 1.82) is 0 Å². The number of rotatable bonds is 17. The molecule has 7 amide bonds. The molecule has 0 spiro atoms. The van der Waals surface area contributed by atoms with Crippen LogP contribution in [0.5, 0.6) is 5.75 Å². The van der Waals surface area contributed by atoms with Crippen LogP contribution in [0.25, 0.3) is 0 Å². The van der Waals surface area contributed by atoms with E-state index in [0.29, 0.717) is 35.3 Å². The summed E-state index contributed by atoms with van der Waals surface area (Å²) in [6.45, 7) is 6.44. The average molecular weight is 1010 g/mol. The van der Waals surface area contributed by atoms with Crippen molar-refractivity contribution >= 4 is 53.3 Å². The minimum Gasteiger partial charge on any atom is -0.497 e. The van der Waals surface area contributed by atoms with Crippen LogP contribution >= 0.6 is 0 Å². The van der Waals surface area contributed by atoms with Crippen LogP contribution < -0.4 is 31.3 Å². The normalized spacial score (nSPS) is 23.9. The molecule has 0 aliphatic carbocycles. The fourth-order valence-corrected chi connectivity index (χ4v) is 8.82. The summed E-state index contributed by atoms with van der Waals surface area (Å²) in [6, 6.07) is 13.5. The van der Waals surface area contributed by atoms with Gasteiger partial charge in [-0.15, -0.1) is 0 Å². The molecular formula is C53H69N7O13. The number of aliphatic hydroxyl groups is 1. The molecule has 9 unspecified atom stereocenters. The molecule has 3 aromatic carbocycles. The number of likely N-dealkylation sites (N-methyl/N-ethyl adjacent to an activating group) is 1. The molecule has 20 heteroatoms. The Kier molecular flexibility index (Phi) is 20.9. The summed E-state index contributed by atoms with van der Waals surface area (Å²) in [7, 11) is 2.87. The van der Waals surface area contributed by atoms with E-state index in [0.717, 1.165) is 16.2 Å². The van der Waals surface area contributed by atoms with E-state index in [1.165, 1.54) is 21.1 Å². The second-order valence-electron chi connectivity index (χ2n) is 18.9. The van der Waals surface area contributed by atoms with Crippen molar-refractivity contribution < 1.29 is 62.8 Å². The molecule has 7 N–H and O–H groups in total. The van der Waals surface area contributed by atoms with Gasteiger partial charge in [0.1, 0.15) is 60.4 Å². The Morgan fingerprint density at radius 2 is 1.37 bits per heavy atom. The molecule has 394 valence electrons. The topological polar surface area (TPSA) is 279 Å². The van der Waals surface area contributed by atoms with Gasteiger partial charge in [-0.2, -0.15) is 0 Å². The Hall–Kier alpha value is -7.35. The summed E-state index contributed by atoms with van der Waals surface area (Å²) in [5.74, 6) is -8.68. The van der Waals surface area contributed by atoms with Crippen molar-refractivity contribution in [3.63, 3.8) is 0 Å². The first-order valence-electron chi connectivity index (χ1n) is 24.7. The first-order chi connectivity index (χ1) is 34.8. The number of carboxylic acids is 1. The Morgan fingerprint density at radius 1 is 0.767 bits per heavy atom. The molecule has 0 radical (unpaired) electrons. The van der Waals surface area contributed by atoms with Gasteiger partial charge in [0.25, 0.3) is 0 Å². The second-order valence-corrected chi connectivity index (χ2v) is 18.9. The van der Waals surface area contributed by atoms with Crippen molar-refractivity contribution in [2.45, 2.75) is 147 Å². The number of unbranched alkanes of at least 4 members (excludes halogenated alkanes) is 2. The standard InChI is InChI=1S/C53H69N7O13/c1-7-8-11-20-42(61)54-39(30-44(63)64)48(66)58-46-32(4)73-53(71)45(31(2)3)57-49(67)40(28-35-21-23-36(72-6)24-22-35)59(5)52(70)41(29-34-18-14-10-15-19-34)60-43(62)26-25-37(51(60)69)55-47(65)38(56-50(46)68)27-33-16-12-9-13-17-33/h9-10,12-19,21-24,31-32,37-41,43,45-46,62H,7-8,11,20,25-30H2,1-6H3,(H,54,61)(H,55,65)(H,56,68)(H,57,67)(H,58,66)(H,63,64). The monoisotopic (exact) mass is 1010 g/mol. The van der Waals surface area contributed by atoms with Gasteiger partial charge >= 0.3 is 11.9 Å². The Bertz CT molecular complexity index is 2400. The number of nitrogens with zero attached hydrogens (tertiary/aromatic N) is 2. The number of aliphatic hydroxyl groups excluding tert-OH is 1. The van der Waals surface area contributed by atoms with Crippen LogP contribution in [0.4, 0.5) is 0 Å². The number of aliphatic carboxylic acids is 1. The van der Waals surface area contributed by atoms with E-state index in [1.807, 2.05) is 6.92 Å². The third-order valence-corrected chi connectivity index (χ3v) is 13.0. The molecule has 2 fully saturated rings. The number of ether oxygens (including phenoxy) is 2. The van der Waals surface area contributed by atoms with E-state index < -0.39 is 120 Å². The summed E-state index contributed by atoms with van der Waals surface area (Å²) >= 11 is 0. The number of esters is 1. The largest absolute Gasteiger partial charge is 0.497 e. The number of carboxylic acid groups (broad SMARTS) is 1. The number of hydrogen-bond donors (Lipinski definition) is 7. The Labute approximate surface area is 425 Å². The third kappa shape index (κ3) is 15.8. The first kappa shape index (κ1) is 56.6. The van der Waals surface area contributed by atoms with Gasteiger partial charge in [-0.25, -0.2) is 4.79 Å². The fraction of sp³-hybridized carbons (Fsp3) is 0.491. The SMILES string of the molecule is CCCCCC(=O)NC(CC(=O)O)C(=O)NC1C(=O)NC(Cc2ccccc2)C(=O)NC2CCC(O)N(C2=O)C(Cc2ccccc2)C(=O)N(C)C(Cc2ccc(OC)cc2)C(=O)NC(C(C)C)C(=O)OC1C. The van der Waals surface area contributed by atoms with Crippen LogP contribution in [0.2, 0.25) is 0 Å². The van der Waals surface area contributed by atoms with Gasteiger partial charge in [-0.3, -0.25) is 38.4 Å². The van der Waals surface area contributed by atoms with E-state index in [1.54, 1.807) is 98.8 Å². The lowest BCUT2D eigenvalue weighted by Gasteiger charge is -2.43. The first-order valence-corrected chi connectivity index (χ1v) is 24.7. The number of cyclic esters (lactones) is 1. The molecule has 20 nitrogen and oxygen atoms in total. The predicted octanol–water partition coefficient (Wildman–Crippen LogP) is 1.94. The molecule has 5 rings (SSSR count). The number of fused-ring (bicyclic) bond motifs is 2. The molecule has 3 aromatic rings. The smallest absolute Gasteiger partial charge is 0.329 e. The van der Waals surface area contributed by atoms with Gasteiger partial charge in [-0.05, 0) is 60.9 Å². The predicted molar refractivity (Wildman–Crippen MR) is 266 cm³/mol. The molecule has 0 saturated carbocycles. The van der Waals surface area contributed by atoms with Gasteiger partial charge in [0.15, 0.2) is 0 Å². The maximum Gasteiger partial charge on any atom is 0.329 e. The van der Waals surface area contributed by atoms with E-state index in [-0.39, 0.29) is 38.5 Å². The van der Waals surface area contributed by atoms with Gasteiger partial charge in [0.05, 0.1) is 13.5 Å². The molecule has 2 aliphatic heterocycles. The maximum atomic E-state index is 15.2. The number of amides is 7. The van der Waals surface area contributed by atoms with Crippen molar-refractivity contribution in [3.05, 3.63) is 102 Å². The number of hydrogen-bond acceptors (Lipinski definition) is 12. The highest BCUT2D eigenvalue weighted by molar-refractivity contribution is 5.99. The van der Waals surface area contributed by atoms with Crippen LogP contribution in [0.1, 0.15) is 89.3 Å². The van der Waals surface area contributed by atoms with Crippen LogP contribution in [-0.4, -0.2) is 142 Å². The highest BCUT2D eigenvalue weighted by atomic mass is 16.5. The molecule has 73 heavy (non-hydrogen) atoms. The van der Waals surface area contributed by atoms with E-state index in [2.05, 4.69) is 26.6 Å². The number of carbonyl (C=O) groups is 9. The highest BCUT2D eigenvalue weighted by Crippen LogP contribution is 2.26. The Morgan fingerprint density at radius 3 is 1.96 bits per heavy atom. The lowest BCUT2D eigenvalue weighted by molar-refractivity contribution is -0.165. The van der Waals surface area contributed by atoms with Crippen LogP contribution in [-0.2, 0) is 67.2 Å². The zero-order chi connectivity index (χ0) is 53.4. The van der Waals surface area contributed by atoms with E-state index >= 15 is 4.79 Å². The highest BCUT2D eigenvalue weighted by Gasteiger charge is 2.46. The summed E-state index contributed by atoms with van der Waals surface area (Å²) < 4.78 is 11.2. The summed E-state index contributed by atoms with van der Waals surface area (Å²) in [5, 5.41) is 34.4. The minimum absolute atomic E-state index is 0.00738. The molecule has 0 aromatic heterocycles. The molecule has 2 bridgehead atoms. The van der Waals surface area contributed by atoms with Gasteiger partial charge in [0, 0.05) is 32.7 Å². The fourth-order valence-electron chi connectivity index (χ4n) is 8.82. The molecular weight excluding hydrogens is 943 g/mol. The van der Waals surface area contributed by atoms with E-state index in [9.17, 15) is 48.6 Å². The van der Waals surface area contributed by atoms with Crippen molar-refractivity contribution in [1.82, 2.24) is 36.4 Å². The Balaban J connectivity index is 1.63. The van der Waals surface area contributed by atoms with Crippen molar-refractivity contribution in [2.75, 3.05) is 14.2 Å². The zero-order valence-electron chi connectivity index (χ0n) is 42.2. The number of nitrogens with one attached hydrogen (secondary N) is 5. The zero-order valence-corrected chi connectivity index (χ0v) is 42.2.